The van der Waals surface area contributed by atoms with Crippen molar-refractivity contribution in [3.8, 4) is 5.75 Å². The topological polar surface area (TPSA) is 29.5 Å². The average molecular weight is 296 g/mol. The SMILES string of the molecule is CC1(O)CCCCC1c1ccccc1OCc1ccccc1. The number of benzene rings is 2. The molecule has 2 unspecified atom stereocenters. The van der Waals surface area contributed by atoms with Crippen LogP contribution in [0.1, 0.15) is 49.7 Å². The maximum absolute atomic E-state index is 10.7. The molecule has 116 valence electrons. The molecule has 1 saturated carbocycles. The molecule has 0 aromatic heterocycles. The molecule has 2 aromatic rings. The third kappa shape index (κ3) is 3.33. The highest BCUT2D eigenvalue weighted by Crippen LogP contribution is 2.43. The number of para-hydroxylation sites is 1. The normalized spacial score (nSPS) is 24.9. The van der Waals surface area contributed by atoms with Crippen molar-refractivity contribution < 1.29 is 9.84 Å². The van der Waals surface area contributed by atoms with Gasteiger partial charge in [0, 0.05) is 11.5 Å². The first-order valence-electron chi connectivity index (χ1n) is 8.15. The van der Waals surface area contributed by atoms with Crippen LogP contribution in [0.3, 0.4) is 0 Å². The van der Waals surface area contributed by atoms with Crippen LogP contribution in [0.25, 0.3) is 0 Å². The molecule has 1 aliphatic rings. The fraction of sp³-hybridized carbons (Fsp3) is 0.400. The molecule has 0 saturated heterocycles. The monoisotopic (exact) mass is 296 g/mol. The number of ether oxygens (including phenoxy) is 1. The summed E-state index contributed by atoms with van der Waals surface area (Å²) in [5.74, 6) is 1.06. The van der Waals surface area contributed by atoms with Gasteiger partial charge in [0.15, 0.2) is 0 Å². The van der Waals surface area contributed by atoms with Crippen molar-refractivity contribution in [3.05, 3.63) is 65.7 Å². The number of rotatable bonds is 4. The molecule has 22 heavy (non-hydrogen) atoms. The molecule has 0 spiro atoms. The summed E-state index contributed by atoms with van der Waals surface area (Å²) in [5, 5.41) is 10.7. The van der Waals surface area contributed by atoms with Gasteiger partial charge >= 0.3 is 0 Å². The molecule has 1 N–H and O–H groups in total. The first kappa shape index (κ1) is 15.1. The van der Waals surface area contributed by atoms with Crippen molar-refractivity contribution in [3.63, 3.8) is 0 Å². The molecule has 2 atom stereocenters. The minimum Gasteiger partial charge on any atom is -0.489 e. The van der Waals surface area contributed by atoms with Gasteiger partial charge in [-0.2, -0.15) is 0 Å². The van der Waals surface area contributed by atoms with Gasteiger partial charge in [-0.25, -0.2) is 0 Å². The second-order valence-electron chi connectivity index (χ2n) is 6.47. The van der Waals surface area contributed by atoms with Gasteiger partial charge in [0.05, 0.1) is 5.60 Å². The van der Waals surface area contributed by atoms with Gasteiger partial charge in [-0.3, -0.25) is 0 Å². The van der Waals surface area contributed by atoms with Gasteiger partial charge in [0.2, 0.25) is 0 Å². The summed E-state index contributed by atoms with van der Waals surface area (Å²) < 4.78 is 6.06. The lowest BCUT2D eigenvalue weighted by Crippen LogP contribution is -2.35. The Morgan fingerprint density at radius 1 is 1.05 bits per heavy atom. The smallest absolute Gasteiger partial charge is 0.123 e. The molecule has 0 bridgehead atoms. The Morgan fingerprint density at radius 3 is 2.55 bits per heavy atom. The fourth-order valence-electron chi connectivity index (χ4n) is 3.44. The van der Waals surface area contributed by atoms with Crippen LogP contribution in [0, 0.1) is 0 Å². The highest BCUT2D eigenvalue weighted by atomic mass is 16.5. The van der Waals surface area contributed by atoms with E-state index in [4.69, 9.17) is 4.74 Å². The summed E-state index contributed by atoms with van der Waals surface area (Å²) in [6.45, 7) is 2.53. The van der Waals surface area contributed by atoms with Crippen molar-refractivity contribution in [2.75, 3.05) is 0 Å². The van der Waals surface area contributed by atoms with Gasteiger partial charge in [-0.15, -0.1) is 0 Å². The highest BCUT2D eigenvalue weighted by molar-refractivity contribution is 5.38. The lowest BCUT2D eigenvalue weighted by Gasteiger charge is -2.38. The van der Waals surface area contributed by atoms with Gasteiger partial charge in [0.25, 0.3) is 0 Å². The Kier molecular flexibility index (Phi) is 4.49. The van der Waals surface area contributed by atoms with Crippen LogP contribution in [-0.4, -0.2) is 10.7 Å². The maximum atomic E-state index is 10.7. The van der Waals surface area contributed by atoms with E-state index >= 15 is 0 Å². The molecule has 2 aromatic carbocycles. The van der Waals surface area contributed by atoms with Crippen LogP contribution >= 0.6 is 0 Å². The third-order valence-corrected chi connectivity index (χ3v) is 4.71. The summed E-state index contributed by atoms with van der Waals surface area (Å²) in [6, 6.07) is 18.4. The molecular formula is C20H24O2. The Morgan fingerprint density at radius 2 is 1.77 bits per heavy atom. The predicted molar refractivity (Wildman–Crippen MR) is 89.0 cm³/mol. The maximum Gasteiger partial charge on any atom is 0.123 e. The van der Waals surface area contributed by atoms with Crippen molar-refractivity contribution in [2.45, 2.75) is 50.7 Å². The van der Waals surface area contributed by atoms with Crippen LogP contribution in [-0.2, 0) is 6.61 Å². The summed E-state index contributed by atoms with van der Waals surface area (Å²) in [4.78, 5) is 0. The fourth-order valence-corrected chi connectivity index (χ4v) is 3.44. The molecule has 0 heterocycles. The first-order valence-corrected chi connectivity index (χ1v) is 8.15. The number of hydrogen-bond acceptors (Lipinski definition) is 2. The molecule has 3 rings (SSSR count). The first-order chi connectivity index (χ1) is 10.7. The van der Waals surface area contributed by atoms with E-state index in [0.717, 1.165) is 36.1 Å². The van der Waals surface area contributed by atoms with E-state index in [1.165, 1.54) is 6.42 Å². The van der Waals surface area contributed by atoms with Crippen LogP contribution < -0.4 is 4.74 Å². The largest absolute Gasteiger partial charge is 0.489 e. The minimum atomic E-state index is -0.634. The Hall–Kier alpha value is -1.80. The predicted octanol–water partition coefficient (Wildman–Crippen LogP) is 4.67. The molecule has 0 aliphatic heterocycles. The van der Waals surface area contributed by atoms with E-state index in [1.807, 2.05) is 43.3 Å². The van der Waals surface area contributed by atoms with Gasteiger partial charge in [0.1, 0.15) is 12.4 Å². The van der Waals surface area contributed by atoms with E-state index < -0.39 is 5.60 Å². The van der Waals surface area contributed by atoms with Gasteiger partial charge in [-0.05, 0) is 31.4 Å². The number of aliphatic hydroxyl groups is 1. The summed E-state index contributed by atoms with van der Waals surface area (Å²) >= 11 is 0. The summed E-state index contributed by atoms with van der Waals surface area (Å²) in [6.07, 6.45) is 4.17. The average Bonchev–Trinajstić information content (AvgIpc) is 2.54. The second kappa shape index (κ2) is 6.53. The molecule has 2 nitrogen and oxygen atoms in total. The molecule has 1 fully saturated rings. The second-order valence-corrected chi connectivity index (χ2v) is 6.47. The lowest BCUT2D eigenvalue weighted by atomic mass is 9.73. The molecule has 0 amide bonds. The van der Waals surface area contributed by atoms with Crippen molar-refractivity contribution in [1.82, 2.24) is 0 Å². The van der Waals surface area contributed by atoms with Crippen molar-refractivity contribution in [1.29, 1.82) is 0 Å². The van der Waals surface area contributed by atoms with Crippen LogP contribution in [0.2, 0.25) is 0 Å². The highest BCUT2D eigenvalue weighted by Gasteiger charge is 2.36. The molecule has 2 heteroatoms. The number of hydrogen-bond donors (Lipinski definition) is 1. The Labute approximate surface area is 132 Å². The van der Waals surface area contributed by atoms with E-state index in [-0.39, 0.29) is 5.92 Å². The van der Waals surface area contributed by atoms with Gasteiger partial charge in [-0.1, -0.05) is 61.4 Å². The van der Waals surface area contributed by atoms with Gasteiger partial charge < -0.3 is 9.84 Å². The van der Waals surface area contributed by atoms with Crippen LogP contribution in [0.15, 0.2) is 54.6 Å². The van der Waals surface area contributed by atoms with E-state index in [9.17, 15) is 5.11 Å². The van der Waals surface area contributed by atoms with E-state index in [0.29, 0.717) is 6.61 Å². The lowest BCUT2D eigenvalue weighted by molar-refractivity contribution is -0.000265. The zero-order valence-electron chi connectivity index (χ0n) is 13.2. The molecular weight excluding hydrogens is 272 g/mol. The quantitative estimate of drug-likeness (QED) is 0.888. The zero-order chi connectivity index (χ0) is 15.4. The van der Waals surface area contributed by atoms with E-state index in [2.05, 4.69) is 18.2 Å². The minimum absolute atomic E-state index is 0.160. The van der Waals surface area contributed by atoms with Crippen LogP contribution in [0.5, 0.6) is 5.75 Å². The van der Waals surface area contributed by atoms with Crippen molar-refractivity contribution in [2.24, 2.45) is 0 Å². The Bertz CT molecular complexity index is 604. The summed E-state index contributed by atoms with van der Waals surface area (Å²) in [7, 11) is 0. The third-order valence-electron chi connectivity index (χ3n) is 4.71. The van der Waals surface area contributed by atoms with E-state index in [1.54, 1.807) is 0 Å². The van der Waals surface area contributed by atoms with Crippen LogP contribution in [0.4, 0.5) is 0 Å². The summed E-state index contributed by atoms with van der Waals surface area (Å²) in [5.41, 5.74) is 1.67. The molecule has 0 radical (unpaired) electrons. The molecule has 1 aliphatic carbocycles. The standard InChI is InChI=1S/C20H24O2/c1-20(21)14-8-7-12-18(20)17-11-5-6-13-19(17)22-15-16-9-3-2-4-10-16/h2-6,9-11,13,18,21H,7-8,12,14-15H2,1H3. The van der Waals surface area contributed by atoms with Crippen molar-refractivity contribution >= 4 is 0 Å². The zero-order valence-corrected chi connectivity index (χ0v) is 13.2. The Balaban J connectivity index is 1.80.